The molecule has 1 saturated heterocycles. The fraction of sp³-hybridized carbons (Fsp3) is 0.941. The fourth-order valence-corrected chi connectivity index (χ4v) is 2.78. The van der Waals surface area contributed by atoms with Gasteiger partial charge in [0.25, 0.3) is 0 Å². The Morgan fingerprint density at radius 1 is 1.12 bits per heavy atom. The second kappa shape index (κ2) is 10.9. The topological polar surface area (TPSA) is 48.9 Å². The molecular formula is C17H33F3N4O. The third-order valence-electron chi connectivity index (χ3n) is 4.20. The Bertz CT molecular complexity index is 394. The summed E-state index contributed by atoms with van der Waals surface area (Å²) in [6, 6.07) is 0. The van der Waals surface area contributed by atoms with E-state index >= 15 is 0 Å². The molecular weight excluding hydrogens is 333 g/mol. The van der Waals surface area contributed by atoms with Crippen LogP contribution in [0.5, 0.6) is 0 Å². The molecule has 148 valence electrons. The Kier molecular flexibility index (Phi) is 9.56. The lowest BCUT2D eigenvalue weighted by atomic mass is 9.99. The van der Waals surface area contributed by atoms with Crippen molar-refractivity contribution >= 4 is 5.96 Å². The molecule has 1 fully saturated rings. The predicted octanol–water partition coefficient (Wildman–Crippen LogP) is 2.78. The monoisotopic (exact) mass is 366 g/mol. The van der Waals surface area contributed by atoms with Crippen LogP contribution in [0.15, 0.2) is 4.99 Å². The minimum absolute atomic E-state index is 0.00140. The Balaban J connectivity index is 2.35. The van der Waals surface area contributed by atoms with Crippen LogP contribution in [0.2, 0.25) is 0 Å². The van der Waals surface area contributed by atoms with E-state index in [1.807, 2.05) is 6.92 Å². The first-order valence-electron chi connectivity index (χ1n) is 9.16. The van der Waals surface area contributed by atoms with Crippen molar-refractivity contribution < 1.29 is 17.9 Å². The minimum Gasteiger partial charge on any atom is -0.372 e. The smallest absolute Gasteiger partial charge is 0.372 e. The summed E-state index contributed by atoms with van der Waals surface area (Å²) in [5.41, 5.74) is -0.00140. The van der Waals surface area contributed by atoms with Crippen molar-refractivity contribution in [2.45, 2.75) is 58.2 Å². The maximum absolute atomic E-state index is 12.0. The lowest BCUT2D eigenvalue weighted by Crippen LogP contribution is -2.49. The van der Waals surface area contributed by atoms with E-state index in [9.17, 15) is 13.2 Å². The van der Waals surface area contributed by atoms with Gasteiger partial charge >= 0.3 is 6.18 Å². The van der Waals surface area contributed by atoms with E-state index in [1.165, 1.54) is 19.3 Å². The molecule has 0 bridgehead atoms. The molecule has 0 unspecified atom stereocenters. The molecule has 1 aliphatic rings. The summed E-state index contributed by atoms with van der Waals surface area (Å²) >= 11 is 0. The molecule has 1 heterocycles. The van der Waals surface area contributed by atoms with Crippen LogP contribution >= 0.6 is 0 Å². The third-order valence-corrected chi connectivity index (χ3v) is 4.20. The van der Waals surface area contributed by atoms with E-state index in [0.29, 0.717) is 25.5 Å². The van der Waals surface area contributed by atoms with Gasteiger partial charge in [0.1, 0.15) is 6.61 Å². The number of hydrogen-bond donors (Lipinski definition) is 2. The van der Waals surface area contributed by atoms with E-state index < -0.39 is 12.8 Å². The molecule has 1 aliphatic heterocycles. The van der Waals surface area contributed by atoms with E-state index in [2.05, 4.69) is 39.1 Å². The lowest BCUT2D eigenvalue weighted by Gasteiger charge is -2.40. The molecule has 0 aromatic rings. The van der Waals surface area contributed by atoms with Gasteiger partial charge in [-0.25, -0.2) is 0 Å². The first-order valence-corrected chi connectivity index (χ1v) is 9.16. The molecule has 0 spiro atoms. The normalized spacial score (nSPS) is 17.6. The van der Waals surface area contributed by atoms with Crippen molar-refractivity contribution in [2.24, 2.45) is 4.99 Å². The summed E-state index contributed by atoms with van der Waals surface area (Å²) < 4.78 is 40.6. The minimum atomic E-state index is -4.26. The fourth-order valence-electron chi connectivity index (χ4n) is 2.78. The second-order valence-corrected chi connectivity index (χ2v) is 7.00. The summed E-state index contributed by atoms with van der Waals surface area (Å²) in [6.45, 7) is 9.44. The van der Waals surface area contributed by atoms with Crippen molar-refractivity contribution in [3.05, 3.63) is 0 Å². The van der Waals surface area contributed by atoms with Gasteiger partial charge in [0, 0.05) is 25.2 Å². The van der Waals surface area contributed by atoms with Gasteiger partial charge in [-0.2, -0.15) is 13.2 Å². The largest absolute Gasteiger partial charge is 0.411 e. The number of halogens is 3. The molecule has 2 N–H and O–H groups in total. The molecule has 0 radical (unpaired) electrons. The third kappa shape index (κ3) is 9.89. The molecule has 25 heavy (non-hydrogen) atoms. The number of hydrogen-bond acceptors (Lipinski definition) is 3. The van der Waals surface area contributed by atoms with Crippen molar-refractivity contribution in [1.82, 2.24) is 15.5 Å². The Morgan fingerprint density at radius 2 is 1.80 bits per heavy atom. The first-order chi connectivity index (χ1) is 11.7. The number of ether oxygens (including phenoxy) is 1. The van der Waals surface area contributed by atoms with Gasteiger partial charge in [0.05, 0.1) is 6.54 Å². The molecule has 0 aromatic heterocycles. The highest BCUT2D eigenvalue weighted by atomic mass is 19.4. The molecule has 8 heteroatoms. The molecule has 0 aromatic carbocycles. The van der Waals surface area contributed by atoms with Crippen molar-refractivity contribution in [2.75, 3.05) is 45.9 Å². The van der Waals surface area contributed by atoms with Gasteiger partial charge in [-0.05, 0) is 53.1 Å². The predicted molar refractivity (Wildman–Crippen MR) is 95.0 cm³/mol. The van der Waals surface area contributed by atoms with E-state index in [4.69, 9.17) is 0 Å². The van der Waals surface area contributed by atoms with Crippen LogP contribution < -0.4 is 10.6 Å². The van der Waals surface area contributed by atoms with E-state index in [-0.39, 0.29) is 12.1 Å². The zero-order valence-electron chi connectivity index (χ0n) is 15.7. The number of piperidine rings is 1. The highest BCUT2D eigenvalue weighted by molar-refractivity contribution is 5.79. The number of nitrogens with zero attached hydrogens (tertiary/aromatic N) is 2. The van der Waals surface area contributed by atoms with Crippen LogP contribution in [-0.2, 0) is 4.74 Å². The highest BCUT2D eigenvalue weighted by Crippen LogP contribution is 2.20. The maximum atomic E-state index is 12.0. The molecule has 1 rings (SSSR count). The zero-order valence-corrected chi connectivity index (χ0v) is 15.7. The van der Waals surface area contributed by atoms with Crippen LogP contribution in [0.4, 0.5) is 13.2 Å². The quantitative estimate of drug-likeness (QED) is 0.374. The van der Waals surface area contributed by atoms with Gasteiger partial charge in [-0.3, -0.25) is 9.89 Å². The summed E-state index contributed by atoms with van der Waals surface area (Å²) in [7, 11) is 0. The van der Waals surface area contributed by atoms with E-state index in [1.54, 1.807) is 0 Å². The average molecular weight is 366 g/mol. The van der Waals surface area contributed by atoms with Crippen LogP contribution in [-0.4, -0.2) is 68.5 Å². The molecule has 0 atom stereocenters. The maximum Gasteiger partial charge on any atom is 0.411 e. The summed E-state index contributed by atoms with van der Waals surface area (Å²) in [5.74, 6) is 0.698. The number of likely N-dealkylation sites (tertiary alicyclic amines) is 1. The van der Waals surface area contributed by atoms with Crippen LogP contribution in [0.25, 0.3) is 0 Å². The second-order valence-electron chi connectivity index (χ2n) is 7.00. The van der Waals surface area contributed by atoms with Gasteiger partial charge in [-0.1, -0.05) is 6.42 Å². The summed E-state index contributed by atoms with van der Waals surface area (Å²) in [4.78, 5) is 7.13. The molecule has 0 aliphatic carbocycles. The number of alkyl halides is 3. The van der Waals surface area contributed by atoms with Crippen molar-refractivity contribution in [1.29, 1.82) is 0 Å². The Morgan fingerprint density at radius 3 is 2.40 bits per heavy atom. The summed E-state index contributed by atoms with van der Waals surface area (Å²) in [6.07, 6.45) is 0.0170. The average Bonchev–Trinajstić information content (AvgIpc) is 2.55. The SMILES string of the molecule is CCNC(=NCC(C)(C)N1CCCCC1)NCCCOCC(F)(F)F. The van der Waals surface area contributed by atoms with Gasteiger partial charge in [-0.15, -0.1) is 0 Å². The number of guanidine groups is 1. The summed E-state index contributed by atoms with van der Waals surface area (Å²) in [5, 5.41) is 6.33. The molecule has 5 nitrogen and oxygen atoms in total. The number of rotatable bonds is 9. The first kappa shape index (κ1) is 22.0. The van der Waals surface area contributed by atoms with Crippen molar-refractivity contribution in [3.8, 4) is 0 Å². The molecule has 0 saturated carbocycles. The Labute approximate surface area is 149 Å². The lowest BCUT2D eigenvalue weighted by molar-refractivity contribution is -0.173. The van der Waals surface area contributed by atoms with Crippen LogP contribution in [0, 0.1) is 0 Å². The van der Waals surface area contributed by atoms with Crippen molar-refractivity contribution in [3.63, 3.8) is 0 Å². The number of nitrogens with one attached hydrogen (secondary N) is 2. The van der Waals surface area contributed by atoms with Crippen LogP contribution in [0.1, 0.15) is 46.5 Å². The molecule has 0 amide bonds. The van der Waals surface area contributed by atoms with Gasteiger partial charge in [0.15, 0.2) is 5.96 Å². The van der Waals surface area contributed by atoms with Crippen LogP contribution in [0.3, 0.4) is 0 Å². The Hall–Kier alpha value is -1.02. The number of aliphatic imine (C=N–C) groups is 1. The zero-order chi connectivity index (χ0) is 18.8. The van der Waals surface area contributed by atoms with E-state index in [0.717, 1.165) is 19.6 Å². The highest BCUT2D eigenvalue weighted by Gasteiger charge is 2.28. The van der Waals surface area contributed by atoms with Gasteiger partial charge in [0.2, 0.25) is 0 Å². The standard InChI is InChI=1S/C17H33F3N4O/c1-4-21-15(22-9-8-12-25-14-17(18,19)20)23-13-16(2,3)24-10-6-5-7-11-24/h4-14H2,1-3H3,(H2,21,22,23). The van der Waals surface area contributed by atoms with Gasteiger partial charge < -0.3 is 15.4 Å².